The van der Waals surface area contributed by atoms with Crippen LogP contribution in [-0.4, -0.2) is 37.0 Å². The van der Waals surface area contributed by atoms with Crippen molar-refractivity contribution < 1.29 is 23.9 Å². The highest BCUT2D eigenvalue weighted by molar-refractivity contribution is 6.09. The Labute approximate surface area is 177 Å². The van der Waals surface area contributed by atoms with Gasteiger partial charge in [0.25, 0.3) is 0 Å². The SMILES string of the molecule is CC(C)C[C@@H](N)C(=O)OCCOC(=O)C(C)c1cccc(C(=O)c2ccccc2)c1. The van der Waals surface area contributed by atoms with E-state index in [0.717, 1.165) is 0 Å². The summed E-state index contributed by atoms with van der Waals surface area (Å²) < 4.78 is 10.3. The number of rotatable bonds is 10. The molecule has 6 nitrogen and oxygen atoms in total. The largest absolute Gasteiger partial charge is 0.462 e. The summed E-state index contributed by atoms with van der Waals surface area (Å²) >= 11 is 0. The van der Waals surface area contributed by atoms with Crippen LogP contribution in [0.3, 0.4) is 0 Å². The molecule has 0 fully saturated rings. The molecule has 0 amide bonds. The van der Waals surface area contributed by atoms with Gasteiger partial charge in [0, 0.05) is 11.1 Å². The van der Waals surface area contributed by atoms with Crippen LogP contribution >= 0.6 is 0 Å². The minimum absolute atomic E-state index is 0.0460. The van der Waals surface area contributed by atoms with Crippen molar-refractivity contribution >= 4 is 17.7 Å². The Morgan fingerprint density at radius 2 is 1.43 bits per heavy atom. The van der Waals surface area contributed by atoms with Crippen LogP contribution in [-0.2, 0) is 19.1 Å². The van der Waals surface area contributed by atoms with Crippen molar-refractivity contribution in [2.24, 2.45) is 11.7 Å². The van der Waals surface area contributed by atoms with Crippen molar-refractivity contribution in [3.8, 4) is 0 Å². The summed E-state index contributed by atoms with van der Waals surface area (Å²) in [5.41, 5.74) is 7.53. The summed E-state index contributed by atoms with van der Waals surface area (Å²) in [4.78, 5) is 36.7. The van der Waals surface area contributed by atoms with Gasteiger partial charge in [-0.1, -0.05) is 62.4 Å². The van der Waals surface area contributed by atoms with Gasteiger partial charge in [-0.15, -0.1) is 0 Å². The lowest BCUT2D eigenvalue weighted by atomic mass is 9.96. The molecule has 0 bridgehead atoms. The fourth-order valence-corrected chi connectivity index (χ4v) is 2.96. The van der Waals surface area contributed by atoms with E-state index < -0.39 is 23.9 Å². The van der Waals surface area contributed by atoms with E-state index in [2.05, 4.69) is 0 Å². The van der Waals surface area contributed by atoms with Crippen molar-refractivity contribution in [2.45, 2.75) is 39.2 Å². The molecule has 160 valence electrons. The Hall–Kier alpha value is -2.99. The molecule has 2 atom stereocenters. The molecule has 1 unspecified atom stereocenters. The number of nitrogens with two attached hydrogens (primary N) is 1. The molecule has 0 radical (unpaired) electrons. The first-order valence-electron chi connectivity index (χ1n) is 10.1. The number of carbonyl (C=O) groups is 3. The predicted molar refractivity (Wildman–Crippen MR) is 114 cm³/mol. The van der Waals surface area contributed by atoms with E-state index >= 15 is 0 Å². The first-order valence-corrected chi connectivity index (χ1v) is 10.1. The van der Waals surface area contributed by atoms with Gasteiger partial charge in [0.05, 0.1) is 5.92 Å². The second-order valence-corrected chi connectivity index (χ2v) is 7.61. The van der Waals surface area contributed by atoms with E-state index in [1.807, 2.05) is 19.9 Å². The van der Waals surface area contributed by atoms with Gasteiger partial charge in [-0.2, -0.15) is 0 Å². The minimum atomic E-state index is -0.676. The Kier molecular flexibility index (Phi) is 8.74. The summed E-state index contributed by atoms with van der Waals surface area (Å²) in [5.74, 6) is -1.34. The molecule has 0 aliphatic carbocycles. The summed E-state index contributed by atoms with van der Waals surface area (Å²) in [5, 5.41) is 0. The maximum absolute atomic E-state index is 12.6. The van der Waals surface area contributed by atoms with Crippen LogP contribution < -0.4 is 5.73 Å². The molecule has 0 aliphatic heterocycles. The molecule has 6 heteroatoms. The normalized spacial score (nSPS) is 12.8. The van der Waals surface area contributed by atoms with Gasteiger partial charge < -0.3 is 15.2 Å². The zero-order chi connectivity index (χ0) is 22.1. The summed E-state index contributed by atoms with van der Waals surface area (Å²) in [6.07, 6.45) is 0.535. The maximum atomic E-state index is 12.6. The molecule has 2 aromatic carbocycles. The van der Waals surface area contributed by atoms with Crippen LogP contribution in [0, 0.1) is 5.92 Å². The van der Waals surface area contributed by atoms with Crippen molar-refractivity contribution in [1.82, 2.24) is 0 Å². The smallest absolute Gasteiger partial charge is 0.323 e. The zero-order valence-electron chi connectivity index (χ0n) is 17.7. The molecule has 2 aromatic rings. The number of carbonyl (C=O) groups excluding carboxylic acids is 3. The summed E-state index contributed by atoms with van der Waals surface area (Å²) in [6.45, 7) is 5.55. The standard InChI is InChI=1S/C24H29NO5/c1-16(2)14-21(25)24(28)30-13-12-29-23(27)17(3)19-10-7-11-20(15-19)22(26)18-8-5-4-6-9-18/h4-11,15-17,21H,12-14,25H2,1-3H3/t17?,21-/m1/s1. The van der Waals surface area contributed by atoms with Gasteiger partial charge >= 0.3 is 11.9 Å². The van der Waals surface area contributed by atoms with Crippen LogP contribution in [0.25, 0.3) is 0 Å². The number of ketones is 1. The fraction of sp³-hybridized carbons (Fsp3) is 0.375. The van der Waals surface area contributed by atoms with Gasteiger partial charge in [0.15, 0.2) is 5.78 Å². The van der Waals surface area contributed by atoms with E-state index in [1.54, 1.807) is 55.5 Å². The van der Waals surface area contributed by atoms with Crippen LogP contribution in [0.5, 0.6) is 0 Å². The molecule has 2 rings (SSSR count). The van der Waals surface area contributed by atoms with Gasteiger partial charge in [-0.05, 0) is 30.9 Å². The number of hydrogen-bond donors (Lipinski definition) is 1. The maximum Gasteiger partial charge on any atom is 0.323 e. The monoisotopic (exact) mass is 411 g/mol. The van der Waals surface area contributed by atoms with E-state index in [1.165, 1.54) is 0 Å². The highest BCUT2D eigenvalue weighted by Gasteiger charge is 2.20. The molecule has 0 heterocycles. The van der Waals surface area contributed by atoms with Gasteiger partial charge in [-0.3, -0.25) is 14.4 Å². The van der Waals surface area contributed by atoms with Crippen molar-refractivity contribution in [3.63, 3.8) is 0 Å². The molecule has 0 saturated heterocycles. The Balaban J connectivity index is 1.87. The lowest BCUT2D eigenvalue weighted by molar-refractivity contribution is -0.154. The van der Waals surface area contributed by atoms with Crippen LogP contribution in [0.2, 0.25) is 0 Å². The second kappa shape index (κ2) is 11.3. The van der Waals surface area contributed by atoms with E-state index in [4.69, 9.17) is 15.2 Å². The first-order chi connectivity index (χ1) is 14.3. The number of esters is 2. The van der Waals surface area contributed by atoms with Crippen molar-refractivity contribution in [2.75, 3.05) is 13.2 Å². The van der Waals surface area contributed by atoms with E-state index in [-0.39, 0.29) is 24.9 Å². The fourth-order valence-electron chi connectivity index (χ4n) is 2.96. The minimum Gasteiger partial charge on any atom is -0.462 e. The van der Waals surface area contributed by atoms with Crippen LogP contribution in [0.15, 0.2) is 54.6 Å². The quantitative estimate of drug-likeness (QED) is 0.365. The first kappa shape index (κ1) is 23.3. The van der Waals surface area contributed by atoms with E-state index in [9.17, 15) is 14.4 Å². The third-order valence-corrected chi connectivity index (χ3v) is 4.64. The molecule has 2 N–H and O–H groups in total. The molecule has 0 spiro atoms. The summed E-state index contributed by atoms with van der Waals surface area (Å²) in [6, 6.07) is 15.2. The van der Waals surface area contributed by atoms with Gasteiger partial charge in [0.1, 0.15) is 19.3 Å². The topological polar surface area (TPSA) is 95.7 Å². The molecular weight excluding hydrogens is 382 g/mol. The third kappa shape index (κ3) is 6.81. The number of ether oxygens (including phenoxy) is 2. The van der Waals surface area contributed by atoms with Crippen LogP contribution in [0.1, 0.15) is 54.6 Å². The summed E-state index contributed by atoms with van der Waals surface area (Å²) in [7, 11) is 0. The average Bonchev–Trinajstić information content (AvgIpc) is 2.75. The van der Waals surface area contributed by atoms with E-state index in [0.29, 0.717) is 23.1 Å². The average molecular weight is 411 g/mol. The zero-order valence-corrected chi connectivity index (χ0v) is 17.7. The Bertz CT molecular complexity index is 863. The highest BCUT2D eigenvalue weighted by Crippen LogP contribution is 2.20. The number of benzene rings is 2. The van der Waals surface area contributed by atoms with Crippen molar-refractivity contribution in [1.29, 1.82) is 0 Å². The van der Waals surface area contributed by atoms with Gasteiger partial charge in [-0.25, -0.2) is 0 Å². The van der Waals surface area contributed by atoms with Crippen LogP contribution in [0.4, 0.5) is 0 Å². The second-order valence-electron chi connectivity index (χ2n) is 7.61. The Morgan fingerprint density at radius 1 is 0.833 bits per heavy atom. The lowest BCUT2D eigenvalue weighted by Gasteiger charge is -2.15. The van der Waals surface area contributed by atoms with Crippen molar-refractivity contribution in [3.05, 3.63) is 71.3 Å². The number of hydrogen-bond acceptors (Lipinski definition) is 6. The molecule has 0 saturated carbocycles. The highest BCUT2D eigenvalue weighted by atomic mass is 16.6. The molecule has 30 heavy (non-hydrogen) atoms. The lowest BCUT2D eigenvalue weighted by Crippen LogP contribution is -2.34. The molecular formula is C24H29NO5. The third-order valence-electron chi connectivity index (χ3n) is 4.64. The van der Waals surface area contributed by atoms with Gasteiger partial charge in [0.2, 0.25) is 0 Å². The molecule has 0 aromatic heterocycles. The molecule has 0 aliphatic rings. The predicted octanol–water partition coefficient (Wildman–Crippen LogP) is 3.48. The Morgan fingerprint density at radius 3 is 2.07 bits per heavy atom.